The standard InChI is InChI=1S/C17H19N3/c1-2-13-7-9-20(10-8-13)17-15(12-18)11-14-5-3-4-6-16(14)19-17/h3-6,11,13H,2,7-10H2,1H3. The van der Waals surface area contributed by atoms with Crippen molar-refractivity contribution in [2.24, 2.45) is 5.92 Å². The van der Waals surface area contributed by atoms with Crippen LogP contribution < -0.4 is 4.90 Å². The van der Waals surface area contributed by atoms with Crippen molar-refractivity contribution in [2.45, 2.75) is 26.2 Å². The molecule has 2 aromatic rings. The van der Waals surface area contributed by atoms with Gasteiger partial charge in [-0.1, -0.05) is 31.5 Å². The fraction of sp³-hybridized carbons (Fsp3) is 0.412. The van der Waals surface area contributed by atoms with Crippen molar-refractivity contribution in [2.75, 3.05) is 18.0 Å². The first kappa shape index (κ1) is 12.9. The van der Waals surface area contributed by atoms with E-state index in [0.29, 0.717) is 5.56 Å². The van der Waals surface area contributed by atoms with E-state index in [1.165, 1.54) is 19.3 Å². The molecule has 1 aromatic carbocycles. The zero-order valence-corrected chi connectivity index (χ0v) is 11.8. The topological polar surface area (TPSA) is 39.9 Å². The van der Waals surface area contributed by atoms with E-state index in [-0.39, 0.29) is 0 Å². The molecule has 3 rings (SSSR count). The maximum atomic E-state index is 9.39. The van der Waals surface area contributed by atoms with E-state index in [0.717, 1.165) is 35.7 Å². The van der Waals surface area contributed by atoms with Crippen LogP contribution >= 0.6 is 0 Å². The minimum atomic E-state index is 0.693. The summed E-state index contributed by atoms with van der Waals surface area (Å²) >= 11 is 0. The number of piperidine rings is 1. The Labute approximate surface area is 119 Å². The number of nitriles is 1. The number of para-hydroxylation sites is 1. The number of pyridine rings is 1. The van der Waals surface area contributed by atoms with Gasteiger partial charge in [-0.15, -0.1) is 0 Å². The average molecular weight is 265 g/mol. The van der Waals surface area contributed by atoms with Gasteiger partial charge in [0.15, 0.2) is 0 Å². The maximum absolute atomic E-state index is 9.39. The molecule has 0 N–H and O–H groups in total. The van der Waals surface area contributed by atoms with Crippen LogP contribution in [0.4, 0.5) is 5.82 Å². The zero-order valence-electron chi connectivity index (χ0n) is 11.8. The molecule has 3 heteroatoms. The summed E-state index contributed by atoms with van der Waals surface area (Å²) < 4.78 is 0. The molecule has 0 aliphatic carbocycles. The summed E-state index contributed by atoms with van der Waals surface area (Å²) in [6.07, 6.45) is 3.66. The van der Waals surface area contributed by atoms with Crippen molar-refractivity contribution in [1.82, 2.24) is 4.98 Å². The first-order valence-electron chi connectivity index (χ1n) is 7.36. The lowest BCUT2D eigenvalue weighted by molar-refractivity contribution is 0.394. The predicted molar refractivity (Wildman–Crippen MR) is 81.7 cm³/mol. The van der Waals surface area contributed by atoms with Gasteiger partial charge in [-0.3, -0.25) is 0 Å². The number of benzene rings is 1. The van der Waals surface area contributed by atoms with Gasteiger partial charge in [0.05, 0.1) is 11.1 Å². The van der Waals surface area contributed by atoms with Gasteiger partial charge in [0, 0.05) is 18.5 Å². The molecule has 0 spiro atoms. The molecule has 0 bridgehead atoms. The zero-order chi connectivity index (χ0) is 13.9. The Morgan fingerprint density at radius 3 is 2.75 bits per heavy atom. The van der Waals surface area contributed by atoms with Crippen LogP contribution in [0.15, 0.2) is 30.3 Å². The van der Waals surface area contributed by atoms with Gasteiger partial charge in [0.25, 0.3) is 0 Å². The molecule has 0 unspecified atom stereocenters. The molecule has 0 amide bonds. The lowest BCUT2D eigenvalue weighted by Gasteiger charge is -2.32. The molecular weight excluding hydrogens is 246 g/mol. The Morgan fingerprint density at radius 2 is 2.05 bits per heavy atom. The second-order valence-corrected chi connectivity index (χ2v) is 5.50. The highest BCUT2D eigenvalue weighted by Crippen LogP contribution is 2.28. The Balaban J connectivity index is 1.96. The number of fused-ring (bicyclic) bond motifs is 1. The van der Waals surface area contributed by atoms with Crippen LogP contribution in [0.25, 0.3) is 10.9 Å². The minimum Gasteiger partial charge on any atom is -0.355 e. The molecule has 1 aliphatic heterocycles. The Bertz CT molecular complexity index is 649. The van der Waals surface area contributed by atoms with Crippen LogP contribution in [-0.4, -0.2) is 18.1 Å². The Hall–Kier alpha value is -2.08. The summed E-state index contributed by atoms with van der Waals surface area (Å²) in [5.74, 6) is 1.69. The quantitative estimate of drug-likeness (QED) is 0.830. The molecule has 0 atom stereocenters. The van der Waals surface area contributed by atoms with Crippen molar-refractivity contribution >= 4 is 16.7 Å². The monoisotopic (exact) mass is 265 g/mol. The van der Waals surface area contributed by atoms with Crippen molar-refractivity contribution < 1.29 is 0 Å². The Morgan fingerprint density at radius 1 is 1.30 bits per heavy atom. The summed E-state index contributed by atoms with van der Waals surface area (Å²) in [4.78, 5) is 7.00. The maximum Gasteiger partial charge on any atom is 0.147 e. The molecule has 1 aromatic heterocycles. The lowest BCUT2D eigenvalue weighted by Crippen LogP contribution is -2.34. The summed E-state index contributed by atoms with van der Waals surface area (Å²) in [6.45, 7) is 4.28. The fourth-order valence-corrected chi connectivity index (χ4v) is 2.98. The molecule has 0 radical (unpaired) electrons. The van der Waals surface area contributed by atoms with Gasteiger partial charge in [-0.05, 0) is 30.9 Å². The first-order valence-corrected chi connectivity index (χ1v) is 7.36. The number of aromatic nitrogens is 1. The first-order chi connectivity index (χ1) is 9.81. The molecule has 3 nitrogen and oxygen atoms in total. The van der Waals surface area contributed by atoms with Crippen molar-refractivity contribution in [3.8, 4) is 6.07 Å². The van der Waals surface area contributed by atoms with Gasteiger partial charge in [-0.2, -0.15) is 5.26 Å². The average Bonchev–Trinajstić information content (AvgIpc) is 2.53. The molecule has 102 valence electrons. The minimum absolute atomic E-state index is 0.693. The molecule has 2 heterocycles. The number of hydrogen-bond donors (Lipinski definition) is 0. The van der Waals surface area contributed by atoms with Crippen LogP contribution in [0.3, 0.4) is 0 Å². The van der Waals surface area contributed by atoms with Crippen LogP contribution in [0.1, 0.15) is 31.7 Å². The third kappa shape index (κ3) is 2.34. The molecule has 1 fully saturated rings. The summed E-state index contributed by atoms with van der Waals surface area (Å²) in [7, 11) is 0. The second kappa shape index (κ2) is 5.50. The van der Waals surface area contributed by atoms with E-state index < -0.39 is 0 Å². The smallest absolute Gasteiger partial charge is 0.147 e. The third-order valence-corrected chi connectivity index (χ3v) is 4.32. The normalized spacial score (nSPS) is 16.3. The van der Waals surface area contributed by atoms with Gasteiger partial charge < -0.3 is 4.90 Å². The van der Waals surface area contributed by atoms with Crippen LogP contribution in [-0.2, 0) is 0 Å². The van der Waals surface area contributed by atoms with Crippen LogP contribution in [0.5, 0.6) is 0 Å². The lowest BCUT2D eigenvalue weighted by atomic mass is 9.94. The molecule has 1 saturated heterocycles. The van der Waals surface area contributed by atoms with E-state index in [2.05, 4.69) is 17.9 Å². The van der Waals surface area contributed by atoms with Crippen molar-refractivity contribution in [1.29, 1.82) is 5.26 Å². The van der Waals surface area contributed by atoms with Crippen molar-refractivity contribution in [3.63, 3.8) is 0 Å². The van der Waals surface area contributed by atoms with E-state index in [1.54, 1.807) is 0 Å². The number of anilines is 1. The largest absolute Gasteiger partial charge is 0.355 e. The Kier molecular flexibility index (Phi) is 3.56. The summed E-state index contributed by atoms with van der Waals surface area (Å²) in [5, 5.41) is 10.4. The second-order valence-electron chi connectivity index (χ2n) is 5.50. The van der Waals surface area contributed by atoms with Crippen LogP contribution in [0.2, 0.25) is 0 Å². The van der Waals surface area contributed by atoms with E-state index >= 15 is 0 Å². The number of rotatable bonds is 2. The van der Waals surface area contributed by atoms with Gasteiger partial charge in [-0.25, -0.2) is 4.98 Å². The van der Waals surface area contributed by atoms with Crippen molar-refractivity contribution in [3.05, 3.63) is 35.9 Å². The van der Waals surface area contributed by atoms with Gasteiger partial charge in [0.2, 0.25) is 0 Å². The summed E-state index contributed by atoms with van der Waals surface area (Å²) in [6, 6.07) is 12.3. The molecule has 20 heavy (non-hydrogen) atoms. The predicted octanol–water partition coefficient (Wildman–Crippen LogP) is 3.73. The highest BCUT2D eigenvalue weighted by molar-refractivity contribution is 5.83. The van der Waals surface area contributed by atoms with E-state index in [4.69, 9.17) is 4.98 Å². The molecule has 0 saturated carbocycles. The number of hydrogen-bond acceptors (Lipinski definition) is 3. The van der Waals surface area contributed by atoms with Crippen LogP contribution in [0, 0.1) is 17.2 Å². The molecular formula is C17H19N3. The SMILES string of the molecule is CCC1CCN(c2nc3ccccc3cc2C#N)CC1. The third-order valence-electron chi connectivity index (χ3n) is 4.32. The molecule has 1 aliphatic rings. The number of nitrogens with zero attached hydrogens (tertiary/aromatic N) is 3. The highest BCUT2D eigenvalue weighted by Gasteiger charge is 2.21. The highest BCUT2D eigenvalue weighted by atomic mass is 15.2. The van der Waals surface area contributed by atoms with E-state index in [1.807, 2.05) is 30.3 Å². The summed E-state index contributed by atoms with van der Waals surface area (Å²) in [5.41, 5.74) is 1.66. The van der Waals surface area contributed by atoms with E-state index in [9.17, 15) is 5.26 Å². The van der Waals surface area contributed by atoms with Gasteiger partial charge in [0.1, 0.15) is 11.9 Å². The van der Waals surface area contributed by atoms with Gasteiger partial charge >= 0.3 is 0 Å². The fourth-order valence-electron chi connectivity index (χ4n) is 2.98.